The Hall–Kier alpha value is -1.29. The number of carboxylic acid groups (broad SMARTS) is 1. The molecular formula is C12H17NO3. The fraction of sp³-hybridized carbons (Fsp3) is 0.583. The molecule has 0 bridgehead atoms. The summed E-state index contributed by atoms with van der Waals surface area (Å²) in [7, 11) is 0. The number of hydrogen-bond donors (Lipinski definition) is 1. The van der Waals surface area contributed by atoms with Crippen molar-refractivity contribution in [1.82, 2.24) is 4.90 Å². The summed E-state index contributed by atoms with van der Waals surface area (Å²) in [6.45, 7) is 7.08. The first-order valence-corrected chi connectivity index (χ1v) is 5.60. The Labute approximate surface area is 94.9 Å². The van der Waals surface area contributed by atoms with E-state index >= 15 is 0 Å². The van der Waals surface area contributed by atoms with Crippen molar-refractivity contribution in [3.8, 4) is 0 Å². The first-order chi connectivity index (χ1) is 7.58. The second kappa shape index (κ2) is 4.29. The molecule has 1 saturated heterocycles. The molecule has 4 nitrogen and oxygen atoms in total. The molecule has 0 saturated carbocycles. The molecule has 88 valence electrons. The summed E-state index contributed by atoms with van der Waals surface area (Å²) in [5.74, 6) is 0.990. The van der Waals surface area contributed by atoms with Gasteiger partial charge in [-0.3, -0.25) is 4.90 Å². The van der Waals surface area contributed by atoms with Crippen molar-refractivity contribution < 1.29 is 14.3 Å². The fourth-order valence-corrected chi connectivity index (χ4v) is 2.23. The van der Waals surface area contributed by atoms with Crippen LogP contribution in [0.5, 0.6) is 0 Å². The normalized spacial score (nSPS) is 26.1. The van der Waals surface area contributed by atoms with Gasteiger partial charge >= 0.3 is 5.97 Å². The zero-order valence-electron chi connectivity index (χ0n) is 9.64. The van der Waals surface area contributed by atoms with Crippen molar-refractivity contribution in [2.75, 3.05) is 13.1 Å². The molecule has 1 fully saturated rings. The number of carboxylic acids is 1. The molecule has 1 aromatic rings. The predicted octanol–water partition coefficient (Wildman–Crippen LogP) is 2.07. The van der Waals surface area contributed by atoms with Gasteiger partial charge in [0.15, 0.2) is 0 Å². The first-order valence-electron chi connectivity index (χ1n) is 5.60. The van der Waals surface area contributed by atoms with Gasteiger partial charge in [0.1, 0.15) is 11.3 Å². The first kappa shape index (κ1) is 11.2. The van der Waals surface area contributed by atoms with Crippen LogP contribution in [0.1, 0.15) is 30.0 Å². The largest absolute Gasteiger partial charge is 0.478 e. The highest BCUT2D eigenvalue weighted by Gasteiger charge is 2.27. The van der Waals surface area contributed by atoms with E-state index in [-0.39, 0.29) is 5.56 Å². The Morgan fingerprint density at radius 2 is 2.12 bits per heavy atom. The number of hydrogen-bond acceptors (Lipinski definition) is 3. The molecule has 1 aromatic heterocycles. The summed E-state index contributed by atoms with van der Waals surface area (Å²) in [5.41, 5.74) is 0.284. The number of furan rings is 1. The molecule has 1 aliphatic rings. The minimum Gasteiger partial charge on any atom is -0.478 e. The zero-order chi connectivity index (χ0) is 11.7. The number of rotatable bonds is 3. The van der Waals surface area contributed by atoms with Gasteiger partial charge in [-0.05, 0) is 17.9 Å². The Bertz CT molecular complexity index is 375. The lowest BCUT2D eigenvalue weighted by Gasteiger charge is -2.13. The zero-order valence-corrected chi connectivity index (χ0v) is 9.64. The van der Waals surface area contributed by atoms with Crippen LogP contribution in [0.2, 0.25) is 0 Å². The van der Waals surface area contributed by atoms with Crippen LogP contribution in [0.4, 0.5) is 0 Å². The lowest BCUT2D eigenvalue weighted by atomic mass is 10.0. The van der Waals surface area contributed by atoms with Gasteiger partial charge in [0.05, 0.1) is 12.8 Å². The Balaban J connectivity index is 2.05. The molecule has 2 heterocycles. The maximum atomic E-state index is 10.9. The Morgan fingerprint density at radius 1 is 1.50 bits per heavy atom. The maximum absolute atomic E-state index is 10.9. The summed E-state index contributed by atoms with van der Waals surface area (Å²) >= 11 is 0. The average molecular weight is 223 g/mol. The summed E-state index contributed by atoms with van der Waals surface area (Å²) in [6, 6.07) is 1.51. The molecule has 0 aliphatic carbocycles. The van der Waals surface area contributed by atoms with Crippen LogP contribution in [-0.4, -0.2) is 29.1 Å². The molecule has 0 aromatic carbocycles. The minimum absolute atomic E-state index is 0.284. The van der Waals surface area contributed by atoms with Gasteiger partial charge in [-0.25, -0.2) is 4.79 Å². The lowest BCUT2D eigenvalue weighted by molar-refractivity contribution is 0.0693. The lowest BCUT2D eigenvalue weighted by Crippen LogP contribution is -2.21. The van der Waals surface area contributed by atoms with E-state index in [9.17, 15) is 4.79 Å². The Morgan fingerprint density at radius 3 is 2.69 bits per heavy atom. The standard InChI is InChI=1S/C12H17NO3/c1-8-5-13(6-9(8)2)7-11-10(12(14)15)3-4-16-11/h3-4,8-9H,5-7H2,1-2H3,(H,14,15). The van der Waals surface area contributed by atoms with Gasteiger partial charge < -0.3 is 9.52 Å². The van der Waals surface area contributed by atoms with Gasteiger partial charge in [-0.15, -0.1) is 0 Å². The average Bonchev–Trinajstić information content (AvgIpc) is 2.75. The van der Waals surface area contributed by atoms with Gasteiger partial charge in [-0.1, -0.05) is 13.8 Å². The number of likely N-dealkylation sites (tertiary alicyclic amines) is 1. The van der Waals surface area contributed by atoms with Gasteiger partial charge in [0, 0.05) is 13.1 Å². The summed E-state index contributed by atoms with van der Waals surface area (Å²) in [4.78, 5) is 13.2. The van der Waals surface area contributed by atoms with E-state index in [0.717, 1.165) is 13.1 Å². The van der Waals surface area contributed by atoms with Crippen LogP contribution in [0.15, 0.2) is 16.7 Å². The van der Waals surface area contributed by atoms with Crippen LogP contribution in [-0.2, 0) is 6.54 Å². The molecule has 16 heavy (non-hydrogen) atoms. The van der Waals surface area contributed by atoms with Crippen molar-refractivity contribution in [3.63, 3.8) is 0 Å². The second-order valence-electron chi connectivity index (χ2n) is 4.71. The Kier molecular flexibility index (Phi) is 3.01. The van der Waals surface area contributed by atoms with Gasteiger partial charge in [0.25, 0.3) is 0 Å². The molecular weight excluding hydrogens is 206 g/mol. The van der Waals surface area contributed by atoms with Crippen molar-refractivity contribution in [2.45, 2.75) is 20.4 Å². The summed E-state index contributed by atoms with van der Waals surface area (Å²) in [5, 5.41) is 8.95. The minimum atomic E-state index is -0.913. The number of carbonyl (C=O) groups is 1. The molecule has 2 rings (SSSR count). The molecule has 0 radical (unpaired) electrons. The third-order valence-corrected chi connectivity index (χ3v) is 3.41. The van der Waals surface area contributed by atoms with E-state index in [1.54, 1.807) is 0 Å². The smallest absolute Gasteiger partial charge is 0.339 e. The quantitative estimate of drug-likeness (QED) is 0.852. The van der Waals surface area contributed by atoms with Crippen molar-refractivity contribution >= 4 is 5.97 Å². The highest BCUT2D eigenvalue weighted by molar-refractivity contribution is 5.88. The molecule has 0 amide bonds. The van der Waals surface area contributed by atoms with E-state index < -0.39 is 5.97 Å². The van der Waals surface area contributed by atoms with Crippen LogP contribution >= 0.6 is 0 Å². The van der Waals surface area contributed by atoms with Crippen LogP contribution in [0, 0.1) is 11.8 Å². The molecule has 2 unspecified atom stereocenters. The van der Waals surface area contributed by atoms with Crippen LogP contribution in [0.3, 0.4) is 0 Å². The maximum Gasteiger partial charge on any atom is 0.339 e. The van der Waals surface area contributed by atoms with E-state index in [1.165, 1.54) is 12.3 Å². The van der Waals surface area contributed by atoms with E-state index in [0.29, 0.717) is 24.1 Å². The summed E-state index contributed by atoms with van der Waals surface area (Å²) < 4.78 is 5.24. The fourth-order valence-electron chi connectivity index (χ4n) is 2.23. The molecule has 1 N–H and O–H groups in total. The van der Waals surface area contributed by atoms with Gasteiger partial charge in [-0.2, -0.15) is 0 Å². The molecule has 4 heteroatoms. The second-order valence-corrected chi connectivity index (χ2v) is 4.71. The highest BCUT2D eigenvalue weighted by atomic mass is 16.4. The van der Waals surface area contributed by atoms with Gasteiger partial charge in [0.2, 0.25) is 0 Å². The van der Waals surface area contributed by atoms with Crippen molar-refractivity contribution in [1.29, 1.82) is 0 Å². The van der Waals surface area contributed by atoms with Crippen LogP contribution in [0.25, 0.3) is 0 Å². The number of nitrogens with zero attached hydrogens (tertiary/aromatic N) is 1. The van der Waals surface area contributed by atoms with Crippen molar-refractivity contribution in [3.05, 3.63) is 23.7 Å². The molecule has 1 aliphatic heterocycles. The van der Waals surface area contributed by atoms with E-state index in [4.69, 9.17) is 9.52 Å². The predicted molar refractivity (Wildman–Crippen MR) is 59.3 cm³/mol. The van der Waals surface area contributed by atoms with E-state index in [1.807, 2.05) is 0 Å². The number of aromatic carboxylic acids is 1. The highest BCUT2D eigenvalue weighted by Crippen LogP contribution is 2.24. The topological polar surface area (TPSA) is 53.7 Å². The van der Waals surface area contributed by atoms with Crippen LogP contribution < -0.4 is 0 Å². The third-order valence-electron chi connectivity index (χ3n) is 3.41. The molecule has 2 atom stereocenters. The third kappa shape index (κ3) is 2.11. The van der Waals surface area contributed by atoms with Crippen molar-refractivity contribution in [2.24, 2.45) is 11.8 Å². The van der Waals surface area contributed by atoms with E-state index in [2.05, 4.69) is 18.7 Å². The SMILES string of the molecule is CC1CN(Cc2occc2C(=O)O)CC1C. The monoisotopic (exact) mass is 223 g/mol. The summed E-state index contributed by atoms with van der Waals surface area (Å²) in [6.07, 6.45) is 1.45. The molecule has 0 spiro atoms.